The highest BCUT2D eigenvalue weighted by atomic mass is 19.1. The van der Waals surface area contributed by atoms with Crippen molar-refractivity contribution in [3.05, 3.63) is 65.5 Å². The Kier molecular flexibility index (Phi) is 1.85. The fourth-order valence-corrected chi connectivity index (χ4v) is 4.05. The fraction of sp³-hybridized carbons (Fsp3) is 0.294. The second-order valence-corrected chi connectivity index (χ2v) is 5.66. The number of allylic oxidation sites excluding steroid dienone is 5. The molecule has 1 saturated carbocycles. The molecule has 3 aliphatic rings. The smallest absolute Gasteiger partial charge is 0.123 e. The minimum atomic E-state index is -0.161. The molecule has 0 radical (unpaired) electrons. The van der Waals surface area contributed by atoms with Crippen LogP contribution < -0.4 is 0 Å². The number of hydrogen-bond donors (Lipinski definition) is 0. The molecule has 4 rings (SSSR count). The van der Waals surface area contributed by atoms with E-state index in [4.69, 9.17) is 0 Å². The van der Waals surface area contributed by atoms with Gasteiger partial charge >= 0.3 is 0 Å². The minimum absolute atomic E-state index is 0.161. The van der Waals surface area contributed by atoms with E-state index in [0.717, 1.165) is 6.42 Å². The lowest BCUT2D eigenvalue weighted by molar-refractivity contribution is 0.482. The number of halogens is 1. The summed E-state index contributed by atoms with van der Waals surface area (Å²) in [4.78, 5) is 0. The molecule has 0 aromatic heterocycles. The van der Waals surface area contributed by atoms with E-state index >= 15 is 0 Å². The van der Waals surface area contributed by atoms with Crippen LogP contribution in [0.5, 0.6) is 0 Å². The molecule has 0 N–H and O–H groups in total. The normalized spacial score (nSPS) is 32.5. The Bertz CT molecular complexity index is 603. The molecule has 18 heavy (non-hydrogen) atoms. The molecule has 90 valence electrons. The predicted molar refractivity (Wildman–Crippen MR) is 71.4 cm³/mol. The largest absolute Gasteiger partial charge is 0.207 e. The SMILES string of the molecule is C=C1C2=CCC[C@]23C[C@H]1C=C3c1ccc(F)cc1. The molecule has 0 saturated heterocycles. The zero-order valence-corrected chi connectivity index (χ0v) is 10.2. The highest BCUT2D eigenvalue weighted by Crippen LogP contribution is 2.66. The third-order valence-electron chi connectivity index (χ3n) is 4.84. The van der Waals surface area contributed by atoms with Crippen molar-refractivity contribution < 1.29 is 4.39 Å². The molecule has 2 bridgehead atoms. The minimum Gasteiger partial charge on any atom is -0.207 e. The van der Waals surface area contributed by atoms with Crippen LogP contribution in [-0.2, 0) is 0 Å². The van der Waals surface area contributed by atoms with Crippen LogP contribution in [0, 0.1) is 17.2 Å². The van der Waals surface area contributed by atoms with Crippen molar-refractivity contribution in [2.45, 2.75) is 19.3 Å². The fourth-order valence-electron chi connectivity index (χ4n) is 4.05. The van der Waals surface area contributed by atoms with Crippen molar-refractivity contribution in [3.63, 3.8) is 0 Å². The van der Waals surface area contributed by atoms with Crippen molar-refractivity contribution >= 4 is 5.57 Å². The average molecular weight is 238 g/mol. The molecule has 3 aliphatic carbocycles. The summed E-state index contributed by atoms with van der Waals surface area (Å²) in [6.07, 6.45) is 8.25. The molecule has 1 heteroatoms. The van der Waals surface area contributed by atoms with Gasteiger partial charge in [-0.15, -0.1) is 0 Å². The van der Waals surface area contributed by atoms with E-state index in [9.17, 15) is 4.39 Å². The summed E-state index contributed by atoms with van der Waals surface area (Å²) in [6, 6.07) is 6.95. The Labute approximate surface area is 107 Å². The monoisotopic (exact) mass is 238 g/mol. The maximum absolute atomic E-state index is 13.0. The van der Waals surface area contributed by atoms with Crippen LogP contribution in [-0.4, -0.2) is 0 Å². The summed E-state index contributed by atoms with van der Waals surface area (Å²) in [5, 5.41) is 0. The Hall–Kier alpha value is -1.63. The highest BCUT2D eigenvalue weighted by Gasteiger charge is 2.53. The zero-order valence-electron chi connectivity index (χ0n) is 10.2. The second kappa shape index (κ2) is 3.23. The van der Waals surface area contributed by atoms with Crippen molar-refractivity contribution in [3.8, 4) is 0 Å². The third kappa shape index (κ3) is 1.10. The van der Waals surface area contributed by atoms with E-state index < -0.39 is 0 Å². The first-order valence-corrected chi connectivity index (χ1v) is 6.59. The van der Waals surface area contributed by atoms with Gasteiger partial charge in [-0.1, -0.05) is 30.9 Å². The van der Waals surface area contributed by atoms with Crippen LogP contribution in [0.2, 0.25) is 0 Å². The molecular weight excluding hydrogens is 223 g/mol. The van der Waals surface area contributed by atoms with Crippen LogP contribution in [0.4, 0.5) is 4.39 Å². The molecule has 0 amide bonds. The lowest BCUT2D eigenvalue weighted by Crippen LogP contribution is -2.16. The van der Waals surface area contributed by atoms with Crippen molar-refractivity contribution in [1.29, 1.82) is 0 Å². The highest BCUT2D eigenvalue weighted by molar-refractivity contribution is 5.82. The molecule has 0 nitrogen and oxygen atoms in total. The van der Waals surface area contributed by atoms with Gasteiger partial charge in [-0.25, -0.2) is 4.39 Å². The molecule has 1 spiro atoms. The first kappa shape index (κ1) is 10.3. The number of hydrogen-bond acceptors (Lipinski definition) is 0. The maximum atomic E-state index is 13.0. The van der Waals surface area contributed by atoms with E-state index in [-0.39, 0.29) is 11.2 Å². The summed E-state index contributed by atoms with van der Waals surface area (Å²) in [7, 11) is 0. The standard InChI is InChI=1S/C17H15F/c1-11-13-9-16(12-4-6-14(18)7-5-12)17(10-13)8-2-3-15(11)17/h3-7,9,13H,1-2,8,10H2/t13-,17+/m1/s1. The van der Waals surface area contributed by atoms with Gasteiger partial charge in [0, 0.05) is 11.3 Å². The van der Waals surface area contributed by atoms with Crippen molar-refractivity contribution in [2.24, 2.45) is 11.3 Å². The van der Waals surface area contributed by atoms with E-state index in [0.29, 0.717) is 5.92 Å². The lowest BCUT2D eigenvalue weighted by Gasteiger charge is -2.29. The summed E-state index contributed by atoms with van der Waals surface area (Å²) < 4.78 is 13.0. The van der Waals surface area contributed by atoms with E-state index in [1.165, 1.54) is 35.1 Å². The van der Waals surface area contributed by atoms with E-state index in [1.807, 2.05) is 12.1 Å². The van der Waals surface area contributed by atoms with E-state index in [1.54, 1.807) is 12.1 Å². The summed E-state index contributed by atoms with van der Waals surface area (Å²) in [6.45, 7) is 4.24. The van der Waals surface area contributed by atoms with Crippen LogP contribution >= 0.6 is 0 Å². The average Bonchev–Trinajstić information content (AvgIpc) is 3.01. The van der Waals surface area contributed by atoms with Gasteiger partial charge in [0.1, 0.15) is 5.82 Å². The van der Waals surface area contributed by atoms with E-state index in [2.05, 4.69) is 18.7 Å². The topological polar surface area (TPSA) is 0 Å². The van der Waals surface area contributed by atoms with Crippen LogP contribution in [0.1, 0.15) is 24.8 Å². The number of benzene rings is 1. The van der Waals surface area contributed by atoms with Crippen LogP contribution in [0.15, 0.2) is 54.1 Å². The van der Waals surface area contributed by atoms with Gasteiger partial charge in [-0.3, -0.25) is 0 Å². The van der Waals surface area contributed by atoms with Gasteiger partial charge in [0.25, 0.3) is 0 Å². The van der Waals surface area contributed by atoms with Gasteiger partial charge < -0.3 is 0 Å². The summed E-state index contributed by atoms with van der Waals surface area (Å²) >= 11 is 0. The number of fused-ring (bicyclic) bond motifs is 1. The summed E-state index contributed by atoms with van der Waals surface area (Å²) in [5.41, 5.74) is 5.58. The molecular formula is C17H15F. The zero-order chi connectivity index (χ0) is 12.3. The molecule has 0 heterocycles. The van der Waals surface area contributed by atoms with Crippen molar-refractivity contribution in [2.75, 3.05) is 0 Å². The second-order valence-electron chi connectivity index (χ2n) is 5.66. The van der Waals surface area contributed by atoms with Gasteiger partial charge in [-0.2, -0.15) is 0 Å². The van der Waals surface area contributed by atoms with Crippen LogP contribution in [0.25, 0.3) is 5.57 Å². The molecule has 1 fully saturated rings. The molecule has 1 aromatic rings. The Morgan fingerprint density at radius 2 is 1.94 bits per heavy atom. The molecule has 1 aromatic carbocycles. The van der Waals surface area contributed by atoms with Gasteiger partial charge in [0.15, 0.2) is 0 Å². The quantitative estimate of drug-likeness (QED) is 0.675. The Morgan fingerprint density at radius 3 is 2.72 bits per heavy atom. The van der Waals surface area contributed by atoms with Gasteiger partial charge in [-0.05, 0) is 53.7 Å². The summed E-state index contributed by atoms with van der Waals surface area (Å²) in [5.74, 6) is 0.350. The molecule has 2 atom stereocenters. The van der Waals surface area contributed by atoms with Gasteiger partial charge in [0.2, 0.25) is 0 Å². The number of rotatable bonds is 1. The Balaban J connectivity index is 1.87. The predicted octanol–water partition coefficient (Wildman–Crippen LogP) is 4.51. The maximum Gasteiger partial charge on any atom is 0.123 e. The third-order valence-corrected chi connectivity index (χ3v) is 4.84. The molecule has 0 unspecified atom stereocenters. The first-order chi connectivity index (χ1) is 8.71. The Morgan fingerprint density at radius 1 is 1.17 bits per heavy atom. The van der Waals surface area contributed by atoms with Crippen molar-refractivity contribution in [1.82, 2.24) is 0 Å². The van der Waals surface area contributed by atoms with Gasteiger partial charge in [0.05, 0.1) is 0 Å². The molecule has 0 aliphatic heterocycles. The van der Waals surface area contributed by atoms with Crippen LogP contribution in [0.3, 0.4) is 0 Å². The first-order valence-electron chi connectivity index (χ1n) is 6.59. The lowest BCUT2D eigenvalue weighted by atomic mass is 9.74.